The van der Waals surface area contributed by atoms with Crippen LogP contribution in [0.1, 0.15) is 144 Å². The molecule has 0 aliphatic carbocycles. The Morgan fingerprint density at radius 3 is 1.06 bits per heavy atom. The number of rotatable bonds is 25. The molecule has 0 saturated heterocycles. The lowest BCUT2D eigenvalue weighted by Gasteiger charge is -2.13. The molecule has 4 heteroatoms. The first kappa shape index (κ1) is 36.4. The zero-order valence-electron chi connectivity index (χ0n) is 20.4. The molecule has 0 radical (unpaired) electrons. The van der Waals surface area contributed by atoms with E-state index in [4.69, 9.17) is 9.47 Å². The lowest BCUT2D eigenvalue weighted by Crippen LogP contribution is -2.20. The zero-order valence-corrected chi connectivity index (χ0v) is 20.4. The molecular formula is C28H62O4. The van der Waals surface area contributed by atoms with Gasteiger partial charge in [-0.15, -0.1) is 0 Å². The van der Waals surface area contributed by atoms with Crippen molar-refractivity contribution in [2.45, 2.75) is 156 Å². The third-order valence-electron chi connectivity index (χ3n) is 5.77. The minimum absolute atomic E-state index is 0. The standard InChI is InChI=1S/C26H54O4.2CH4/c1-3-5-7-9-11-13-15-17-19-25(27)23-29-21-22-30-24-26(28)20-18-16-14-12-10-8-6-4-2;;/h25-28H,3-24H2,1-2H3;2*1H4. The van der Waals surface area contributed by atoms with Crippen LogP contribution in [0.3, 0.4) is 0 Å². The van der Waals surface area contributed by atoms with E-state index >= 15 is 0 Å². The monoisotopic (exact) mass is 462 g/mol. The molecule has 32 heavy (non-hydrogen) atoms. The minimum atomic E-state index is -0.363. The van der Waals surface area contributed by atoms with E-state index in [0.29, 0.717) is 26.4 Å². The quantitative estimate of drug-likeness (QED) is 0.135. The predicted octanol–water partition coefficient (Wildman–Crippen LogP) is 8.08. The van der Waals surface area contributed by atoms with Gasteiger partial charge in [0.2, 0.25) is 0 Å². The van der Waals surface area contributed by atoms with Crippen LogP contribution in [0.4, 0.5) is 0 Å². The smallest absolute Gasteiger partial charge is 0.0773 e. The van der Waals surface area contributed by atoms with E-state index in [1.165, 1.54) is 89.9 Å². The van der Waals surface area contributed by atoms with Crippen LogP contribution in [0.2, 0.25) is 0 Å². The molecule has 0 amide bonds. The predicted molar refractivity (Wildman–Crippen MR) is 142 cm³/mol. The summed E-state index contributed by atoms with van der Waals surface area (Å²) in [6.07, 6.45) is 21.5. The average Bonchev–Trinajstić information content (AvgIpc) is 2.74. The summed E-state index contributed by atoms with van der Waals surface area (Å²) in [6.45, 7) is 6.24. The fourth-order valence-corrected chi connectivity index (χ4v) is 3.75. The Labute approximate surface area is 202 Å². The third kappa shape index (κ3) is 29.8. The number of unbranched alkanes of at least 4 members (excludes halogenated alkanes) is 14. The van der Waals surface area contributed by atoms with Gasteiger partial charge in [0.1, 0.15) is 0 Å². The molecule has 0 aromatic heterocycles. The molecule has 0 rings (SSSR count). The highest BCUT2D eigenvalue weighted by molar-refractivity contribution is 4.57. The Bertz CT molecular complexity index is 282. The molecule has 0 fully saturated rings. The van der Waals surface area contributed by atoms with Crippen LogP contribution in [0, 0.1) is 0 Å². The second kappa shape index (κ2) is 30.8. The van der Waals surface area contributed by atoms with Crippen LogP contribution >= 0.6 is 0 Å². The van der Waals surface area contributed by atoms with Gasteiger partial charge in [0.15, 0.2) is 0 Å². The van der Waals surface area contributed by atoms with Crippen molar-refractivity contribution >= 4 is 0 Å². The molecular weight excluding hydrogens is 400 g/mol. The van der Waals surface area contributed by atoms with E-state index in [-0.39, 0.29) is 27.1 Å². The summed E-state index contributed by atoms with van der Waals surface area (Å²) in [5.41, 5.74) is 0. The Morgan fingerprint density at radius 1 is 0.469 bits per heavy atom. The van der Waals surface area contributed by atoms with Crippen LogP contribution in [0.25, 0.3) is 0 Å². The van der Waals surface area contributed by atoms with Crippen molar-refractivity contribution in [3.63, 3.8) is 0 Å². The second-order valence-corrected chi connectivity index (χ2v) is 8.98. The summed E-state index contributed by atoms with van der Waals surface area (Å²) in [6, 6.07) is 0. The van der Waals surface area contributed by atoms with Gasteiger partial charge in [-0.1, -0.05) is 131 Å². The molecule has 2 atom stereocenters. The third-order valence-corrected chi connectivity index (χ3v) is 5.77. The summed E-state index contributed by atoms with van der Waals surface area (Å²) < 4.78 is 11.0. The molecule has 0 bridgehead atoms. The molecule has 0 spiro atoms. The molecule has 0 aromatic rings. The van der Waals surface area contributed by atoms with Crippen LogP contribution in [-0.4, -0.2) is 48.8 Å². The number of aliphatic hydroxyl groups excluding tert-OH is 2. The topological polar surface area (TPSA) is 58.9 Å². The van der Waals surface area contributed by atoms with E-state index in [2.05, 4.69) is 13.8 Å². The Hall–Kier alpha value is -0.160. The minimum Gasteiger partial charge on any atom is -0.391 e. The summed E-state index contributed by atoms with van der Waals surface area (Å²) in [7, 11) is 0. The summed E-state index contributed by atoms with van der Waals surface area (Å²) >= 11 is 0. The fraction of sp³-hybridized carbons (Fsp3) is 1.00. The zero-order chi connectivity index (χ0) is 22.1. The first-order valence-corrected chi connectivity index (χ1v) is 13.2. The molecule has 2 N–H and O–H groups in total. The average molecular weight is 463 g/mol. The maximum Gasteiger partial charge on any atom is 0.0773 e. The Morgan fingerprint density at radius 2 is 0.750 bits per heavy atom. The first-order valence-electron chi connectivity index (χ1n) is 13.2. The van der Waals surface area contributed by atoms with E-state index < -0.39 is 0 Å². The van der Waals surface area contributed by atoms with Crippen molar-refractivity contribution in [3.05, 3.63) is 0 Å². The van der Waals surface area contributed by atoms with Gasteiger partial charge in [-0.2, -0.15) is 0 Å². The number of aliphatic hydroxyl groups is 2. The van der Waals surface area contributed by atoms with Gasteiger partial charge < -0.3 is 19.7 Å². The van der Waals surface area contributed by atoms with Gasteiger partial charge in [-0.05, 0) is 12.8 Å². The Balaban J connectivity index is -0.00000420. The highest BCUT2D eigenvalue weighted by atomic mass is 16.5. The number of hydrogen-bond acceptors (Lipinski definition) is 4. The fourth-order valence-electron chi connectivity index (χ4n) is 3.75. The lowest BCUT2D eigenvalue weighted by molar-refractivity contribution is -0.0202. The highest BCUT2D eigenvalue weighted by Crippen LogP contribution is 2.12. The summed E-state index contributed by atoms with van der Waals surface area (Å²) in [4.78, 5) is 0. The summed E-state index contributed by atoms with van der Waals surface area (Å²) in [5.74, 6) is 0. The van der Waals surface area contributed by atoms with Gasteiger partial charge in [0.25, 0.3) is 0 Å². The first-order chi connectivity index (χ1) is 14.7. The van der Waals surface area contributed by atoms with Crippen molar-refractivity contribution in [3.8, 4) is 0 Å². The van der Waals surface area contributed by atoms with Crippen LogP contribution in [0.15, 0.2) is 0 Å². The van der Waals surface area contributed by atoms with Crippen molar-refractivity contribution in [1.29, 1.82) is 0 Å². The van der Waals surface area contributed by atoms with Crippen molar-refractivity contribution in [2.75, 3.05) is 26.4 Å². The van der Waals surface area contributed by atoms with E-state index in [0.717, 1.165) is 25.7 Å². The van der Waals surface area contributed by atoms with Crippen molar-refractivity contribution in [2.24, 2.45) is 0 Å². The van der Waals surface area contributed by atoms with Crippen LogP contribution in [-0.2, 0) is 9.47 Å². The maximum atomic E-state index is 9.96. The lowest BCUT2D eigenvalue weighted by atomic mass is 10.1. The number of hydrogen-bond donors (Lipinski definition) is 2. The molecule has 0 aromatic carbocycles. The number of ether oxygens (including phenoxy) is 2. The van der Waals surface area contributed by atoms with Crippen molar-refractivity contribution < 1.29 is 19.7 Å². The molecule has 0 heterocycles. The molecule has 2 unspecified atom stereocenters. The highest BCUT2D eigenvalue weighted by Gasteiger charge is 2.06. The molecule has 198 valence electrons. The van der Waals surface area contributed by atoms with E-state index in [1.807, 2.05) is 0 Å². The molecule has 0 saturated carbocycles. The molecule has 0 aliphatic rings. The van der Waals surface area contributed by atoms with Gasteiger partial charge in [-0.25, -0.2) is 0 Å². The normalized spacial score (nSPS) is 12.8. The molecule has 4 nitrogen and oxygen atoms in total. The van der Waals surface area contributed by atoms with E-state index in [1.54, 1.807) is 0 Å². The summed E-state index contributed by atoms with van der Waals surface area (Å²) in [5, 5.41) is 19.9. The largest absolute Gasteiger partial charge is 0.391 e. The van der Waals surface area contributed by atoms with Crippen molar-refractivity contribution in [1.82, 2.24) is 0 Å². The molecule has 0 aliphatic heterocycles. The maximum absolute atomic E-state index is 9.96. The SMILES string of the molecule is C.C.CCCCCCCCCCC(O)COCCOCC(O)CCCCCCCCCC. The second-order valence-electron chi connectivity index (χ2n) is 8.98. The van der Waals surface area contributed by atoms with E-state index in [9.17, 15) is 10.2 Å². The van der Waals surface area contributed by atoms with Gasteiger partial charge in [0, 0.05) is 0 Å². The Kier molecular flexibility index (Phi) is 35.1. The van der Waals surface area contributed by atoms with Crippen LogP contribution in [0.5, 0.6) is 0 Å². The van der Waals surface area contributed by atoms with Gasteiger partial charge >= 0.3 is 0 Å². The van der Waals surface area contributed by atoms with Crippen LogP contribution < -0.4 is 0 Å². The van der Waals surface area contributed by atoms with Gasteiger partial charge in [-0.3, -0.25) is 0 Å². The van der Waals surface area contributed by atoms with Gasteiger partial charge in [0.05, 0.1) is 38.6 Å².